The summed E-state index contributed by atoms with van der Waals surface area (Å²) in [7, 11) is 1.96. The number of aliphatic carboxylic acids is 1. The largest absolute Gasteiger partial charge is 0.490 e. The minimum absolute atomic E-state index is 0.00289. The van der Waals surface area contributed by atoms with Crippen LogP contribution in [0.15, 0.2) is 42.5 Å². The molecule has 2 amide bonds. The standard InChI is InChI=1S/C25H33F2N3O2.C2HF3O2/c1-25(2,3)32-22-9-5-18(6-10-22)16-28-24(31)30(21-11-13-29(4)14-12-21)17-19-7-8-20(26)15-23(19)27;3-2(4,5)1(6)7/h5-10,15,21H,11-14,16-17H2,1-4H3,(H,28,31);(H,6,7)/i1D3,2D3,3D3;. The summed E-state index contributed by atoms with van der Waals surface area (Å²) in [4.78, 5) is 25.8. The molecule has 2 aromatic rings. The number of carbonyl (C=O) groups excluding carboxylic acids is 1. The van der Waals surface area contributed by atoms with E-state index in [1.54, 1.807) is 0 Å². The molecular formula is C27H34F5N3O4. The Bertz CT molecular complexity index is 1360. The van der Waals surface area contributed by atoms with E-state index in [1.807, 2.05) is 7.05 Å². The Hall–Kier alpha value is -3.41. The zero-order valence-corrected chi connectivity index (χ0v) is 20.8. The molecule has 0 saturated carbocycles. The summed E-state index contributed by atoms with van der Waals surface area (Å²) in [5, 5.41) is 9.89. The number of amides is 2. The molecule has 0 bridgehead atoms. The molecule has 7 nitrogen and oxygen atoms in total. The van der Waals surface area contributed by atoms with E-state index in [4.69, 9.17) is 27.0 Å². The third-order valence-electron chi connectivity index (χ3n) is 5.63. The SMILES string of the molecule is O=C(O)C(F)(F)F.[2H]C([2H])([2H])C(Oc1ccc(CNC(=O)N(Cc2ccc(F)cc2F)C2CCN(C)CC2)cc1)(C([2H])([2H])[2H])C([2H])([2H])[2H]. The van der Waals surface area contributed by atoms with E-state index in [0.29, 0.717) is 18.4 Å². The number of hydrogen-bond donors (Lipinski definition) is 2. The Labute approximate surface area is 237 Å². The number of piperidine rings is 1. The fourth-order valence-corrected chi connectivity index (χ4v) is 3.64. The number of ether oxygens (including phenoxy) is 1. The van der Waals surface area contributed by atoms with Crippen molar-refractivity contribution in [2.24, 2.45) is 0 Å². The van der Waals surface area contributed by atoms with Crippen molar-refractivity contribution in [3.05, 3.63) is 65.2 Å². The Morgan fingerprint density at radius 1 is 1.10 bits per heavy atom. The average molecular weight is 569 g/mol. The molecule has 1 saturated heterocycles. The van der Waals surface area contributed by atoms with Crippen molar-refractivity contribution in [2.45, 2.75) is 64.3 Å². The van der Waals surface area contributed by atoms with Gasteiger partial charge < -0.3 is 25.0 Å². The van der Waals surface area contributed by atoms with Gasteiger partial charge in [0.2, 0.25) is 0 Å². The highest BCUT2D eigenvalue weighted by atomic mass is 19.4. The van der Waals surface area contributed by atoms with Gasteiger partial charge >= 0.3 is 18.2 Å². The van der Waals surface area contributed by atoms with Gasteiger partial charge in [-0.15, -0.1) is 0 Å². The Balaban J connectivity index is 0.00000103. The maximum Gasteiger partial charge on any atom is 0.490 e. The van der Waals surface area contributed by atoms with E-state index < -0.39 is 56.0 Å². The zero-order valence-electron chi connectivity index (χ0n) is 29.8. The topological polar surface area (TPSA) is 82.1 Å². The lowest BCUT2D eigenvalue weighted by Crippen LogP contribution is -2.49. The molecule has 0 spiro atoms. The van der Waals surface area contributed by atoms with Crippen molar-refractivity contribution < 1.29 is 53.7 Å². The molecule has 0 atom stereocenters. The van der Waals surface area contributed by atoms with Crippen LogP contribution in [0, 0.1) is 11.6 Å². The molecule has 12 heteroatoms. The van der Waals surface area contributed by atoms with Gasteiger partial charge in [-0.05, 0) is 77.3 Å². The maximum absolute atomic E-state index is 14.4. The van der Waals surface area contributed by atoms with Gasteiger partial charge in [0, 0.05) is 36.6 Å². The first-order valence-corrected chi connectivity index (χ1v) is 11.5. The van der Waals surface area contributed by atoms with Crippen molar-refractivity contribution in [1.29, 1.82) is 0 Å². The van der Waals surface area contributed by atoms with Crippen LogP contribution in [0.2, 0.25) is 0 Å². The number of likely N-dealkylation sites (tertiary alicyclic amines) is 1. The van der Waals surface area contributed by atoms with Crippen LogP contribution in [0.25, 0.3) is 0 Å². The van der Waals surface area contributed by atoms with Gasteiger partial charge in [-0.1, -0.05) is 18.2 Å². The number of alkyl halides is 3. The molecule has 0 radical (unpaired) electrons. The van der Waals surface area contributed by atoms with Crippen LogP contribution in [-0.2, 0) is 17.9 Å². The molecule has 216 valence electrons. The molecule has 0 aromatic heterocycles. The molecule has 3 rings (SSSR count). The third kappa shape index (κ3) is 11.1. The number of rotatable bonds is 6. The highest BCUT2D eigenvalue weighted by Gasteiger charge is 2.38. The number of carboxylic acids is 1. The van der Waals surface area contributed by atoms with Crippen molar-refractivity contribution in [3.63, 3.8) is 0 Å². The number of nitrogens with zero attached hydrogens (tertiary/aromatic N) is 2. The minimum atomic E-state index is -5.08. The smallest absolute Gasteiger partial charge is 0.488 e. The van der Waals surface area contributed by atoms with Gasteiger partial charge in [0.1, 0.15) is 23.0 Å². The summed E-state index contributed by atoms with van der Waals surface area (Å²) in [6.07, 6.45) is -3.76. The highest BCUT2D eigenvalue weighted by molar-refractivity contribution is 5.74. The van der Waals surface area contributed by atoms with Crippen molar-refractivity contribution >= 4 is 12.0 Å². The van der Waals surface area contributed by atoms with Gasteiger partial charge in [0.15, 0.2) is 0 Å². The number of urea groups is 1. The van der Waals surface area contributed by atoms with Crippen LogP contribution in [0.4, 0.5) is 26.7 Å². The maximum atomic E-state index is 14.4. The monoisotopic (exact) mass is 568 g/mol. The van der Waals surface area contributed by atoms with E-state index in [9.17, 15) is 26.7 Å². The lowest BCUT2D eigenvalue weighted by atomic mass is 10.0. The van der Waals surface area contributed by atoms with E-state index in [-0.39, 0.29) is 30.4 Å². The molecule has 2 N–H and O–H groups in total. The molecular weight excluding hydrogens is 525 g/mol. The van der Waals surface area contributed by atoms with Crippen molar-refractivity contribution in [1.82, 2.24) is 15.1 Å². The van der Waals surface area contributed by atoms with Gasteiger partial charge in [0.05, 0.1) is 6.54 Å². The molecule has 1 heterocycles. The summed E-state index contributed by atoms with van der Waals surface area (Å²) >= 11 is 0. The van der Waals surface area contributed by atoms with E-state index >= 15 is 0 Å². The molecule has 0 aliphatic carbocycles. The summed E-state index contributed by atoms with van der Waals surface area (Å²) in [6, 6.07) is 7.85. The van der Waals surface area contributed by atoms with Crippen LogP contribution in [0.5, 0.6) is 5.75 Å². The molecule has 39 heavy (non-hydrogen) atoms. The summed E-state index contributed by atoms with van der Waals surface area (Å²) in [5.41, 5.74) is -2.78. The quantitative estimate of drug-likeness (QED) is 0.445. The van der Waals surface area contributed by atoms with Gasteiger partial charge in [0.25, 0.3) is 0 Å². The predicted molar refractivity (Wildman–Crippen MR) is 135 cm³/mol. The second kappa shape index (κ2) is 13.6. The number of nitrogens with one attached hydrogen (secondary N) is 1. The molecule has 1 aliphatic rings. The second-order valence-corrected chi connectivity index (χ2v) is 8.79. The Morgan fingerprint density at radius 3 is 2.21 bits per heavy atom. The van der Waals surface area contributed by atoms with E-state index in [2.05, 4.69) is 10.2 Å². The van der Waals surface area contributed by atoms with Crippen molar-refractivity contribution in [3.8, 4) is 5.75 Å². The number of carbonyl (C=O) groups is 2. The second-order valence-electron chi connectivity index (χ2n) is 8.79. The van der Waals surface area contributed by atoms with Crippen LogP contribution >= 0.6 is 0 Å². The van der Waals surface area contributed by atoms with Crippen LogP contribution in [-0.4, -0.2) is 64.9 Å². The fraction of sp³-hybridized carbons (Fsp3) is 0.481. The van der Waals surface area contributed by atoms with Gasteiger partial charge in [-0.3, -0.25) is 0 Å². The van der Waals surface area contributed by atoms with Crippen LogP contribution < -0.4 is 10.1 Å². The van der Waals surface area contributed by atoms with Crippen LogP contribution in [0.1, 0.15) is 56.9 Å². The lowest BCUT2D eigenvalue weighted by molar-refractivity contribution is -0.192. The van der Waals surface area contributed by atoms with E-state index in [0.717, 1.165) is 25.2 Å². The van der Waals surface area contributed by atoms with E-state index in [1.165, 1.54) is 35.2 Å². The molecule has 1 fully saturated rings. The molecule has 2 aromatic carbocycles. The first-order valence-electron chi connectivity index (χ1n) is 16.0. The minimum Gasteiger partial charge on any atom is -0.488 e. The molecule has 1 aliphatic heterocycles. The average Bonchev–Trinajstić information content (AvgIpc) is 2.93. The van der Waals surface area contributed by atoms with Gasteiger partial charge in [-0.2, -0.15) is 13.2 Å². The third-order valence-corrected chi connectivity index (χ3v) is 5.63. The normalized spacial score (nSPS) is 19.1. The predicted octanol–water partition coefficient (Wildman–Crippen LogP) is 5.58. The highest BCUT2D eigenvalue weighted by Crippen LogP contribution is 2.22. The number of hydrogen-bond acceptors (Lipinski definition) is 4. The van der Waals surface area contributed by atoms with Gasteiger partial charge in [-0.25, -0.2) is 18.4 Å². The number of halogens is 5. The summed E-state index contributed by atoms with van der Waals surface area (Å²) in [6.45, 7) is -9.14. The molecule has 0 unspecified atom stereocenters. The first kappa shape index (κ1) is 20.5. The summed E-state index contributed by atoms with van der Waals surface area (Å²) in [5.74, 6) is -4.52. The first-order chi connectivity index (χ1) is 21.8. The fourth-order valence-electron chi connectivity index (χ4n) is 3.64. The summed E-state index contributed by atoms with van der Waals surface area (Å²) < 4.78 is 134. The number of benzene rings is 2. The van der Waals surface area contributed by atoms with Crippen molar-refractivity contribution in [2.75, 3.05) is 20.1 Å². The number of carboxylic acid groups (broad SMARTS) is 1. The lowest BCUT2D eigenvalue weighted by Gasteiger charge is -2.37. The van der Waals surface area contributed by atoms with Crippen LogP contribution in [0.3, 0.4) is 0 Å². The Kier molecular flexibility index (Phi) is 7.14. The Morgan fingerprint density at radius 2 is 1.69 bits per heavy atom. The zero-order chi connectivity index (χ0) is 36.9.